The molecule has 0 aliphatic carbocycles. The number of nitrogens with one attached hydrogen (secondary N) is 1. The highest BCUT2D eigenvalue weighted by molar-refractivity contribution is 9.10. The molecule has 0 aliphatic heterocycles. The topological polar surface area (TPSA) is 80.2 Å². The van der Waals surface area contributed by atoms with E-state index in [-0.39, 0.29) is 18.1 Å². The van der Waals surface area contributed by atoms with Gasteiger partial charge >= 0.3 is 0 Å². The zero-order valence-electron chi connectivity index (χ0n) is 16.2. The van der Waals surface area contributed by atoms with Crippen molar-refractivity contribution in [2.45, 2.75) is 6.92 Å². The number of hydrazone groups is 1. The van der Waals surface area contributed by atoms with Crippen LogP contribution in [0.4, 0.5) is 4.39 Å². The monoisotopic (exact) mass is 465 g/mol. The van der Waals surface area contributed by atoms with E-state index in [0.717, 1.165) is 0 Å². The standard InChI is InChI=1S/C20H21BrFN3O4/c1-4-28-17-10-13(9-16(21)19(17)29-12-18(26)25(2)3)11-23-24-20(27)14-5-7-15(22)8-6-14/h5-11H,4,12H2,1-3H3,(H,24,27). The second-order valence-electron chi connectivity index (χ2n) is 6.05. The Kier molecular flexibility index (Phi) is 8.14. The zero-order valence-corrected chi connectivity index (χ0v) is 17.8. The largest absolute Gasteiger partial charge is 0.490 e. The van der Waals surface area contributed by atoms with Gasteiger partial charge in [0.05, 0.1) is 17.3 Å². The summed E-state index contributed by atoms with van der Waals surface area (Å²) >= 11 is 3.41. The van der Waals surface area contributed by atoms with E-state index in [9.17, 15) is 14.0 Å². The Labute approximate surface area is 176 Å². The van der Waals surface area contributed by atoms with E-state index in [1.54, 1.807) is 26.2 Å². The number of benzene rings is 2. The summed E-state index contributed by atoms with van der Waals surface area (Å²) in [4.78, 5) is 25.2. The lowest BCUT2D eigenvalue weighted by atomic mass is 10.2. The molecule has 0 heterocycles. The second kappa shape index (κ2) is 10.6. The number of halogens is 2. The molecule has 0 atom stereocenters. The van der Waals surface area contributed by atoms with E-state index in [2.05, 4.69) is 26.5 Å². The molecule has 0 unspecified atom stereocenters. The Balaban J connectivity index is 2.12. The predicted molar refractivity (Wildman–Crippen MR) is 111 cm³/mol. The molecule has 0 bridgehead atoms. The van der Waals surface area contributed by atoms with Gasteiger partial charge in [-0.3, -0.25) is 9.59 Å². The van der Waals surface area contributed by atoms with Gasteiger partial charge in [0.25, 0.3) is 11.8 Å². The summed E-state index contributed by atoms with van der Waals surface area (Å²) in [6, 6.07) is 8.52. The minimum atomic E-state index is -0.465. The lowest BCUT2D eigenvalue weighted by molar-refractivity contribution is -0.130. The molecule has 29 heavy (non-hydrogen) atoms. The number of amides is 2. The van der Waals surface area contributed by atoms with Crippen LogP contribution in [-0.4, -0.2) is 50.2 Å². The summed E-state index contributed by atoms with van der Waals surface area (Å²) < 4.78 is 24.7. The number of nitrogens with zero attached hydrogens (tertiary/aromatic N) is 2. The van der Waals surface area contributed by atoms with E-state index < -0.39 is 11.7 Å². The Morgan fingerprint density at radius 2 is 1.90 bits per heavy atom. The molecule has 0 saturated carbocycles. The minimum absolute atomic E-state index is 0.132. The molecule has 0 fully saturated rings. The molecule has 154 valence electrons. The van der Waals surface area contributed by atoms with Gasteiger partial charge in [-0.15, -0.1) is 0 Å². The normalized spacial score (nSPS) is 10.7. The van der Waals surface area contributed by atoms with Gasteiger partial charge in [-0.1, -0.05) is 0 Å². The molecule has 7 nitrogen and oxygen atoms in total. The molecular weight excluding hydrogens is 445 g/mol. The molecule has 9 heteroatoms. The van der Waals surface area contributed by atoms with Crippen LogP contribution in [0.2, 0.25) is 0 Å². The van der Waals surface area contributed by atoms with Crippen molar-refractivity contribution in [3.63, 3.8) is 0 Å². The Morgan fingerprint density at radius 1 is 1.21 bits per heavy atom. The van der Waals surface area contributed by atoms with Gasteiger partial charge in [-0.25, -0.2) is 9.82 Å². The molecule has 2 aromatic rings. The van der Waals surface area contributed by atoms with E-state index in [1.165, 1.54) is 35.4 Å². The fraction of sp³-hybridized carbons (Fsp3) is 0.250. The summed E-state index contributed by atoms with van der Waals surface area (Å²) in [5.41, 5.74) is 3.29. The first-order chi connectivity index (χ1) is 13.8. The van der Waals surface area contributed by atoms with Crippen LogP contribution in [0.1, 0.15) is 22.8 Å². The highest BCUT2D eigenvalue weighted by atomic mass is 79.9. The fourth-order valence-corrected chi connectivity index (χ4v) is 2.73. The van der Waals surface area contributed by atoms with Gasteiger partial charge in [0.2, 0.25) is 0 Å². The summed E-state index contributed by atoms with van der Waals surface area (Å²) in [5, 5.41) is 3.91. The smallest absolute Gasteiger partial charge is 0.271 e. The van der Waals surface area contributed by atoms with Gasteiger partial charge < -0.3 is 14.4 Å². The number of hydrogen-bond donors (Lipinski definition) is 1. The van der Waals surface area contributed by atoms with Crippen LogP contribution in [0.15, 0.2) is 46.0 Å². The highest BCUT2D eigenvalue weighted by Crippen LogP contribution is 2.36. The molecule has 2 rings (SSSR count). The van der Waals surface area contributed by atoms with Crippen LogP contribution in [0, 0.1) is 5.82 Å². The SMILES string of the molecule is CCOc1cc(C=NNC(=O)c2ccc(F)cc2)cc(Br)c1OCC(=O)N(C)C. The van der Waals surface area contributed by atoms with Crippen molar-refractivity contribution in [1.82, 2.24) is 10.3 Å². The summed E-state index contributed by atoms with van der Waals surface area (Å²) in [6.45, 7) is 2.09. The molecule has 2 amide bonds. The molecule has 0 aliphatic rings. The number of carbonyl (C=O) groups excluding carboxylic acids is 2. The first-order valence-corrected chi connectivity index (χ1v) is 9.49. The minimum Gasteiger partial charge on any atom is -0.490 e. The third-order valence-electron chi connectivity index (χ3n) is 3.66. The number of hydrogen-bond acceptors (Lipinski definition) is 5. The highest BCUT2D eigenvalue weighted by Gasteiger charge is 2.14. The van der Waals surface area contributed by atoms with Gasteiger partial charge in [0.15, 0.2) is 18.1 Å². The molecule has 2 aromatic carbocycles. The first-order valence-electron chi connectivity index (χ1n) is 8.70. The van der Waals surface area contributed by atoms with E-state index in [4.69, 9.17) is 9.47 Å². The molecule has 0 spiro atoms. The lowest BCUT2D eigenvalue weighted by Gasteiger charge is -2.16. The van der Waals surface area contributed by atoms with Crippen molar-refractivity contribution >= 4 is 34.0 Å². The summed E-state index contributed by atoms with van der Waals surface area (Å²) in [6.07, 6.45) is 1.43. The van der Waals surface area contributed by atoms with Crippen molar-refractivity contribution in [3.05, 3.63) is 57.8 Å². The quantitative estimate of drug-likeness (QED) is 0.479. The third kappa shape index (κ3) is 6.56. The van der Waals surface area contributed by atoms with Crippen LogP contribution >= 0.6 is 15.9 Å². The van der Waals surface area contributed by atoms with Gasteiger partial charge in [0, 0.05) is 19.7 Å². The maximum atomic E-state index is 12.9. The predicted octanol–water partition coefficient (Wildman–Crippen LogP) is 3.22. The van der Waals surface area contributed by atoms with Crippen LogP contribution in [0.25, 0.3) is 0 Å². The Hall–Kier alpha value is -2.94. The zero-order chi connectivity index (χ0) is 21.4. The van der Waals surface area contributed by atoms with Crippen LogP contribution < -0.4 is 14.9 Å². The van der Waals surface area contributed by atoms with Crippen LogP contribution in [0.5, 0.6) is 11.5 Å². The van der Waals surface area contributed by atoms with E-state index in [0.29, 0.717) is 28.1 Å². The van der Waals surface area contributed by atoms with Gasteiger partial charge in [-0.2, -0.15) is 5.10 Å². The molecule has 0 saturated heterocycles. The molecule has 0 radical (unpaired) electrons. The van der Waals surface area contributed by atoms with E-state index >= 15 is 0 Å². The lowest BCUT2D eigenvalue weighted by Crippen LogP contribution is -2.27. The molecule has 1 N–H and O–H groups in total. The molecule has 0 aromatic heterocycles. The van der Waals surface area contributed by atoms with Crippen LogP contribution in [0.3, 0.4) is 0 Å². The number of rotatable bonds is 8. The second-order valence-corrected chi connectivity index (χ2v) is 6.90. The Morgan fingerprint density at radius 3 is 2.52 bits per heavy atom. The van der Waals surface area contributed by atoms with E-state index in [1.807, 2.05) is 6.92 Å². The van der Waals surface area contributed by atoms with Crippen molar-refractivity contribution in [2.75, 3.05) is 27.3 Å². The number of carbonyl (C=O) groups is 2. The third-order valence-corrected chi connectivity index (χ3v) is 4.25. The van der Waals surface area contributed by atoms with Crippen molar-refractivity contribution in [3.8, 4) is 11.5 Å². The molecular formula is C20H21BrFN3O4. The average Bonchev–Trinajstić information content (AvgIpc) is 2.67. The van der Waals surface area contributed by atoms with Gasteiger partial charge in [-0.05, 0) is 64.8 Å². The van der Waals surface area contributed by atoms with Crippen molar-refractivity contribution in [2.24, 2.45) is 5.10 Å². The average molecular weight is 466 g/mol. The summed E-state index contributed by atoms with van der Waals surface area (Å²) in [7, 11) is 3.29. The first kappa shape index (κ1) is 22.4. The Bertz CT molecular complexity index is 901. The van der Waals surface area contributed by atoms with Crippen LogP contribution in [-0.2, 0) is 4.79 Å². The van der Waals surface area contributed by atoms with Crippen molar-refractivity contribution in [1.29, 1.82) is 0 Å². The maximum absolute atomic E-state index is 12.9. The van der Waals surface area contributed by atoms with Crippen molar-refractivity contribution < 1.29 is 23.5 Å². The number of likely N-dealkylation sites (N-methyl/N-ethyl adjacent to an activating group) is 1. The number of ether oxygens (including phenoxy) is 2. The fourth-order valence-electron chi connectivity index (χ4n) is 2.16. The summed E-state index contributed by atoms with van der Waals surface area (Å²) in [5.74, 6) is -0.247. The van der Waals surface area contributed by atoms with Gasteiger partial charge in [0.1, 0.15) is 5.82 Å². The maximum Gasteiger partial charge on any atom is 0.271 e.